The van der Waals surface area contributed by atoms with Crippen LogP contribution in [0.25, 0.3) is 0 Å². The van der Waals surface area contributed by atoms with Crippen LogP contribution in [0.15, 0.2) is 21.9 Å². The van der Waals surface area contributed by atoms with E-state index in [1.807, 2.05) is 23.8 Å². The van der Waals surface area contributed by atoms with Gasteiger partial charge in [-0.25, -0.2) is 5.43 Å². The summed E-state index contributed by atoms with van der Waals surface area (Å²) in [5.74, 6) is -0.0606. The van der Waals surface area contributed by atoms with Gasteiger partial charge >= 0.3 is 0 Å². The van der Waals surface area contributed by atoms with Crippen molar-refractivity contribution in [3.05, 3.63) is 22.4 Å². The monoisotopic (exact) mass is 196 g/mol. The lowest BCUT2D eigenvalue weighted by Crippen LogP contribution is -2.17. The molecule has 0 fully saturated rings. The Morgan fingerprint density at radius 3 is 3.00 bits per heavy atom. The maximum Gasteiger partial charge on any atom is 0.239 e. The number of hydrazone groups is 1. The average Bonchev–Trinajstić information content (AvgIpc) is 2.66. The molecule has 0 aliphatic carbocycles. The van der Waals surface area contributed by atoms with Crippen LogP contribution in [0.3, 0.4) is 0 Å². The Kier molecular flexibility index (Phi) is 3.64. The highest BCUT2D eigenvalue weighted by atomic mass is 32.1. The molecule has 0 aliphatic heterocycles. The van der Waals surface area contributed by atoms with Crippen LogP contribution in [0, 0.1) is 0 Å². The number of carbonyl (C=O) groups is 1. The highest BCUT2D eigenvalue weighted by Gasteiger charge is 1.98. The quantitative estimate of drug-likeness (QED) is 0.583. The molecule has 0 spiro atoms. The van der Waals surface area contributed by atoms with E-state index in [9.17, 15) is 4.79 Å². The molecule has 1 aromatic rings. The fourth-order valence-electron chi connectivity index (χ4n) is 0.760. The number of nitrogens with one attached hydrogen (secondary N) is 1. The van der Waals surface area contributed by atoms with Crippen molar-refractivity contribution in [2.45, 2.75) is 20.3 Å². The first-order valence-corrected chi connectivity index (χ1v) is 5.04. The van der Waals surface area contributed by atoms with E-state index in [0.29, 0.717) is 6.42 Å². The Labute approximate surface area is 81.5 Å². The SMILES string of the molecule is CCC(=O)NN=C(C)c1ccsc1. The minimum atomic E-state index is -0.0606. The summed E-state index contributed by atoms with van der Waals surface area (Å²) in [5.41, 5.74) is 4.37. The zero-order valence-electron chi connectivity index (χ0n) is 7.70. The standard InChI is InChI=1S/C9H12N2OS/c1-3-9(12)11-10-7(2)8-4-5-13-6-8/h4-6H,3H2,1-2H3,(H,11,12). The van der Waals surface area contributed by atoms with Crippen molar-refractivity contribution in [1.29, 1.82) is 0 Å². The summed E-state index contributed by atoms with van der Waals surface area (Å²) in [7, 11) is 0. The number of rotatable bonds is 3. The summed E-state index contributed by atoms with van der Waals surface area (Å²) in [4.78, 5) is 10.9. The first kappa shape index (κ1) is 9.92. The molecule has 0 aromatic carbocycles. The Morgan fingerprint density at radius 2 is 2.46 bits per heavy atom. The molecule has 1 amide bonds. The third-order valence-corrected chi connectivity index (χ3v) is 2.29. The van der Waals surface area contributed by atoms with E-state index >= 15 is 0 Å². The Morgan fingerprint density at radius 1 is 1.69 bits per heavy atom. The molecule has 1 heterocycles. The van der Waals surface area contributed by atoms with Gasteiger partial charge in [-0.1, -0.05) is 6.92 Å². The van der Waals surface area contributed by atoms with Crippen molar-refractivity contribution in [1.82, 2.24) is 5.43 Å². The largest absolute Gasteiger partial charge is 0.273 e. The van der Waals surface area contributed by atoms with Crippen LogP contribution in [0.2, 0.25) is 0 Å². The maximum atomic E-state index is 10.9. The number of thiophene rings is 1. The zero-order chi connectivity index (χ0) is 9.68. The Balaban J connectivity index is 2.57. The van der Waals surface area contributed by atoms with Gasteiger partial charge in [0.2, 0.25) is 5.91 Å². The van der Waals surface area contributed by atoms with Gasteiger partial charge in [-0.2, -0.15) is 16.4 Å². The number of hydrogen-bond donors (Lipinski definition) is 1. The summed E-state index contributed by atoms with van der Waals surface area (Å²) in [6.45, 7) is 3.67. The topological polar surface area (TPSA) is 41.5 Å². The normalized spacial score (nSPS) is 11.4. The van der Waals surface area contributed by atoms with E-state index in [1.54, 1.807) is 18.3 Å². The molecule has 70 valence electrons. The van der Waals surface area contributed by atoms with Crippen molar-refractivity contribution in [2.75, 3.05) is 0 Å². The van der Waals surface area contributed by atoms with Crippen molar-refractivity contribution < 1.29 is 4.79 Å². The van der Waals surface area contributed by atoms with Gasteiger partial charge in [0, 0.05) is 12.0 Å². The van der Waals surface area contributed by atoms with Crippen LogP contribution < -0.4 is 5.43 Å². The van der Waals surface area contributed by atoms with Gasteiger partial charge in [-0.3, -0.25) is 4.79 Å². The van der Waals surface area contributed by atoms with Gasteiger partial charge in [0.25, 0.3) is 0 Å². The molecule has 0 saturated carbocycles. The highest BCUT2D eigenvalue weighted by Crippen LogP contribution is 2.06. The molecule has 1 aromatic heterocycles. The molecule has 0 atom stereocenters. The van der Waals surface area contributed by atoms with Crippen molar-refractivity contribution in [3.63, 3.8) is 0 Å². The Hall–Kier alpha value is -1.16. The van der Waals surface area contributed by atoms with Gasteiger partial charge in [0.1, 0.15) is 0 Å². The van der Waals surface area contributed by atoms with Crippen LogP contribution in [0.1, 0.15) is 25.8 Å². The summed E-state index contributed by atoms with van der Waals surface area (Å²) in [6, 6.07) is 1.97. The van der Waals surface area contributed by atoms with Gasteiger partial charge < -0.3 is 0 Å². The van der Waals surface area contributed by atoms with Gasteiger partial charge in [0.15, 0.2) is 0 Å². The minimum Gasteiger partial charge on any atom is -0.273 e. The van der Waals surface area contributed by atoms with Crippen LogP contribution in [0.4, 0.5) is 0 Å². The zero-order valence-corrected chi connectivity index (χ0v) is 8.52. The first-order chi connectivity index (χ1) is 6.24. The van der Waals surface area contributed by atoms with Gasteiger partial charge in [0.05, 0.1) is 5.71 Å². The van der Waals surface area contributed by atoms with Gasteiger partial charge in [-0.05, 0) is 23.8 Å². The summed E-state index contributed by atoms with van der Waals surface area (Å²) in [5, 5.41) is 7.94. The van der Waals surface area contributed by atoms with E-state index in [4.69, 9.17) is 0 Å². The molecule has 0 saturated heterocycles. The van der Waals surface area contributed by atoms with E-state index in [2.05, 4.69) is 10.5 Å². The molecular formula is C9H12N2OS. The number of nitrogens with zero attached hydrogens (tertiary/aromatic N) is 1. The molecule has 3 nitrogen and oxygen atoms in total. The lowest BCUT2D eigenvalue weighted by molar-refractivity contribution is -0.120. The van der Waals surface area contributed by atoms with Crippen molar-refractivity contribution in [3.8, 4) is 0 Å². The fraction of sp³-hybridized carbons (Fsp3) is 0.333. The number of carbonyl (C=O) groups excluding carboxylic acids is 1. The second kappa shape index (κ2) is 4.77. The van der Waals surface area contributed by atoms with Crippen LogP contribution >= 0.6 is 11.3 Å². The maximum absolute atomic E-state index is 10.9. The lowest BCUT2D eigenvalue weighted by Gasteiger charge is -1.97. The second-order valence-electron chi connectivity index (χ2n) is 2.60. The third kappa shape index (κ3) is 2.99. The van der Waals surface area contributed by atoms with Gasteiger partial charge in [-0.15, -0.1) is 0 Å². The smallest absolute Gasteiger partial charge is 0.239 e. The molecule has 1 rings (SSSR count). The second-order valence-corrected chi connectivity index (χ2v) is 3.38. The summed E-state index contributed by atoms with van der Waals surface area (Å²) >= 11 is 1.61. The minimum absolute atomic E-state index is 0.0606. The lowest BCUT2D eigenvalue weighted by atomic mass is 10.2. The number of amides is 1. The predicted octanol–water partition coefficient (Wildman–Crippen LogP) is 2.00. The molecule has 13 heavy (non-hydrogen) atoms. The van der Waals surface area contributed by atoms with E-state index in [1.165, 1.54) is 0 Å². The third-order valence-electron chi connectivity index (χ3n) is 1.61. The first-order valence-electron chi connectivity index (χ1n) is 4.09. The van der Waals surface area contributed by atoms with Crippen LogP contribution in [-0.2, 0) is 4.79 Å². The average molecular weight is 196 g/mol. The van der Waals surface area contributed by atoms with E-state index in [0.717, 1.165) is 11.3 Å². The molecule has 1 N–H and O–H groups in total. The molecule has 0 unspecified atom stereocenters. The predicted molar refractivity (Wildman–Crippen MR) is 55.0 cm³/mol. The van der Waals surface area contributed by atoms with E-state index in [-0.39, 0.29) is 5.91 Å². The fourth-order valence-corrected chi connectivity index (χ4v) is 1.46. The molecule has 4 heteroatoms. The Bertz CT molecular complexity index is 303. The molecule has 0 bridgehead atoms. The number of hydrogen-bond acceptors (Lipinski definition) is 3. The van der Waals surface area contributed by atoms with Crippen molar-refractivity contribution >= 4 is 23.0 Å². The molecule has 0 aliphatic rings. The highest BCUT2D eigenvalue weighted by molar-refractivity contribution is 7.08. The summed E-state index contributed by atoms with van der Waals surface area (Å²) < 4.78 is 0. The van der Waals surface area contributed by atoms with Crippen LogP contribution in [0.5, 0.6) is 0 Å². The molecule has 0 radical (unpaired) electrons. The van der Waals surface area contributed by atoms with Crippen LogP contribution in [-0.4, -0.2) is 11.6 Å². The van der Waals surface area contributed by atoms with E-state index < -0.39 is 0 Å². The summed E-state index contributed by atoms with van der Waals surface area (Å²) in [6.07, 6.45) is 0.459. The van der Waals surface area contributed by atoms with Crippen molar-refractivity contribution in [2.24, 2.45) is 5.10 Å². The molecular weight excluding hydrogens is 184 g/mol.